The van der Waals surface area contributed by atoms with Crippen LogP contribution in [0.15, 0.2) is 29.2 Å². The van der Waals surface area contributed by atoms with E-state index in [1.165, 1.54) is 0 Å². The minimum Gasteiger partial charge on any atom is -0.324 e. The van der Waals surface area contributed by atoms with Crippen molar-refractivity contribution in [3.8, 4) is 0 Å². The van der Waals surface area contributed by atoms with Gasteiger partial charge in [-0.2, -0.15) is 0 Å². The molecule has 1 rings (SSSR count). The van der Waals surface area contributed by atoms with Gasteiger partial charge in [-0.05, 0) is 30.0 Å². The zero-order valence-electron chi connectivity index (χ0n) is 11.4. The first-order valence-electron chi connectivity index (χ1n) is 5.97. The van der Waals surface area contributed by atoms with Crippen LogP contribution in [0.1, 0.15) is 39.3 Å². The number of hydrogen-bond acceptors (Lipinski definition) is 3. The van der Waals surface area contributed by atoms with Crippen molar-refractivity contribution in [3.05, 3.63) is 29.8 Å². The van der Waals surface area contributed by atoms with E-state index in [-0.39, 0.29) is 16.4 Å². The second kappa shape index (κ2) is 5.38. The third-order valence-corrected chi connectivity index (χ3v) is 3.89. The highest BCUT2D eigenvalue weighted by Crippen LogP contribution is 2.17. The predicted octanol–water partition coefficient (Wildman–Crippen LogP) is 2.03. The van der Waals surface area contributed by atoms with Gasteiger partial charge in [0.05, 0.1) is 4.90 Å². The average molecular weight is 270 g/mol. The Bertz CT molecular complexity index is 502. The third kappa shape index (κ3) is 4.40. The normalized spacial score (nSPS) is 14.5. The van der Waals surface area contributed by atoms with E-state index >= 15 is 0 Å². The van der Waals surface area contributed by atoms with Crippen LogP contribution in [0, 0.1) is 5.41 Å². The zero-order chi connectivity index (χ0) is 14.0. The van der Waals surface area contributed by atoms with Crippen LogP contribution >= 0.6 is 0 Å². The lowest BCUT2D eigenvalue weighted by Crippen LogP contribution is -2.32. The highest BCUT2D eigenvalue weighted by molar-refractivity contribution is 7.89. The summed E-state index contributed by atoms with van der Waals surface area (Å²) in [6, 6.07) is 6.56. The van der Waals surface area contributed by atoms with Gasteiger partial charge in [-0.1, -0.05) is 32.9 Å². The van der Waals surface area contributed by atoms with Crippen molar-refractivity contribution in [1.82, 2.24) is 4.72 Å². The van der Waals surface area contributed by atoms with Crippen molar-refractivity contribution < 1.29 is 8.42 Å². The maximum Gasteiger partial charge on any atom is 0.240 e. The van der Waals surface area contributed by atoms with Crippen LogP contribution in [0.3, 0.4) is 0 Å². The van der Waals surface area contributed by atoms with Gasteiger partial charge in [0.15, 0.2) is 0 Å². The predicted molar refractivity (Wildman–Crippen MR) is 73.7 cm³/mol. The van der Waals surface area contributed by atoms with Gasteiger partial charge in [-0.15, -0.1) is 0 Å². The summed E-state index contributed by atoms with van der Waals surface area (Å²) in [5.74, 6) is 0. The quantitative estimate of drug-likeness (QED) is 0.879. The van der Waals surface area contributed by atoms with Crippen LogP contribution in [-0.4, -0.2) is 15.0 Å². The molecule has 0 heterocycles. The van der Waals surface area contributed by atoms with E-state index in [1.807, 2.05) is 33.8 Å². The number of hydrogen-bond donors (Lipinski definition) is 2. The summed E-state index contributed by atoms with van der Waals surface area (Å²) in [5.41, 5.74) is 6.48. The Morgan fingerprint density at radius 3 is 2.44 bits per heavy atom. The molecule has 0 aliphatic carbocycles. The molecule has 102 valence electrons. The molecule has 0 aliphatic heterocycles. The van der Waals surface area contributed by atoms with Crippen LogP contribution in [0.4, 0.5) is 0 Å². The lowest BCUT2D eigenvalue weighted by atomic mass is 9.98. The molecule has 0 radical (unpaired) electrons. The van der Waals surface area contributed by atoms with Crippen molar-refractivity contribution in [2.75, 3.05) is 6.54 Å². The summed E-state index contributed by atoms with van der Waals surface area (Å²) in [4.78, 5) is 0.265. The molecule has 0 saturated carbocycles. The molecule has 0 fully saturated rings. The Morgan fingerprint density at radius 2 is 1.94 bits per heavy atom. The molecule has 3 N–H and O–H groups in total. The lowest BCUT2D eigenvalue weighted by Gasteiger charge is -2.19. The number of sulfonamides is 1. The van der Waals surface area contributed by atoms with E-state index in [0.717, 1.165) is 5.56 Å². The molecule has 0 aliphatic rings. The van der Waals surface area contributed by atoms with Gasteiger partial charge in [-0.3, -0.25) is 0 Å². The largest absolute Gasteiger partial charge is 0.324 e. The van der Waals surface area contributed by atoms with Gasteiger partial charge in [0, 0.05) is 12.6 Å². The summed E-state index contributed by atoms with van der Waals surface area (Å²) in [5, 5.41) is 0. The maximum atomic E-state index is 12.1. The van der Waals surface area contributed by atoms with Gasteiger partial charge in [0.1, 0.15) is 0 Å². The fourth-order valence-corrected chi connectivity index (χ4v) is 2.70. The lowest BCUT2D eigenvalue weighted by molar-refractivity contribution is 0.407. The number of rotatable bonds is 4. The molecular weight excluding hydrogens is 248 g/mol. The maximum absolute atomic E-state index is 12.1. The molecule has 0 amide bonds. The highest BCUT2D eigenvalue weighted by Gasteiger charge is 2.18. The topological polar surface area (TPSA) is 72.2 Å². The molecule has 18 heavy (non-hydrogen) atoms. The Morgan fingerprint density at radius 1 is 1.33 bits per heavy atom. The summed E-state index contributed by atoms with van der Waals surface area (Å²) >= 11 is 0. The minimum absolute atomic E-state index is 0.0914. The summed E-state index contributed by atoms with van der Waals surface area (Å²) in [6.45, 7) is 8.17. The Kier molecular flexibility index (Phi) is 4.53. The van der Waals surface area contributed by atoms with Crippen molar-refractivity contribution in [2.24, 2.45) is 11.1 Å². The first-order valence-corrected chi connectivity index (χ1v) is 7.45. The van der Waals surface area contributed by atoms with Gasteiger partial charge >= 0.3 is 0 Å². The molecule has 1 atom stereocenters. The van der Waals surface area contributed by atoms with Crippen molar-refractivity contribution in [2.45, 2.75) is 38.6 Å². The van der Waals surface area contributed by atoms with Crippen LogP contribution in [0.25, 0.3) is 0 Å². The van der Waals surface area contributed by atoms with E-state index in [2.05, 4.69) is 4.72 Å². The molecule has 1 aromatic rings. The van der Waals surface area contributed by atoms with Crippen molar-refractivity contribution >= 4 is 10.0 Å². The van der Waals surface area contributed by atoms with Crippen molar-refractivity contribution in [3.63, 3.8) is 0 Å². The minimum atomic E-state index is -3.46. The second-order valence-corrected chi connectivity index (χ2v) is 7.51. The molecule has 0 spiro atoms. The van der Waals surface area contributed by atoms with E-state index in [4.69, 9.17) is 5.73 Å². The third-order valence-electron chi connectivity index (χ3n) is 2.49. The summed E-state index contributed by atoms with van der Waals surface area (Å²) in [7, 11) is -3.46. The second-order valence-electron chi connectivity index (χ2n) is 5.75. The molecule has 0 bridgehead atoms. The molecule has 1 unspecified atom stereocenters. The fourth-order valence-electron chi connectivity index (χ4n) is 1.36. The molecule has 1 aromatic carbocycles. The Labute approximate surface area is 110 Å². The SMILES string of the molecule is CC(N)c1cccc(S(=O)(=O)NCC(C)(C)C)c1. The van der Waals surface area contributed by atoms with E-state index in [0.29, 0.717) is 6.54 Å². The number of nitrogens with two attached hydrogens (primary N) is 1. The summed E-state index contributed by atoms with van der Waals surface area (Å²) in [6.07, 6.45) is 0. The van der Waals surface area contributed by atoms with Gasteiger partial charge in [-0.25, -0.2) is 13.1 Å². The van der Waals surface area contributed by atoms with Crippen LogP contribution < -0.4 is 10.5 Å². The summed E-state index contributed by atoms with van der Waals surface area (Å²) < 4.78 is 26.8. The van der Waals surface area contributed by atoms with E-state index in [1.54, 1.807) is 18.2 Å². The van der Waals surface area contributed by atoms with E-state index < -0.39 is 10.0 Å². The molecular formula is C13H22N2O2S. The molecule has 4 nitrogen and oxygen atoms in total. The van der Waals surface area contributed by atoms with Crippen molar-refractivity contribution in [1.29, 1.82) is 0 Å². The molecule has 5 heteroatoms. The average Bonchev–Trinajstić information content (AvgIpc) is 2.26. The van der Waals surface area contributed by atoms with Crippen LogP contribution in [0.5, 0.6) is 0 Å². The zero-order valence-corrected chi connectivity index (χ0v) is 12.2. The Hall–Kier alpha value is -0.910. The smallest absolute Gasteiger partial charge is 0.240 e. The van der Waals surface area contributed by atoms with Gasteiger partial charge < -0.3 is 5.73 Å². The number of nitrogens with one attached hydrogen (secondary N) is 1. The monoisotopic (exact) mass is 270 g/mol. The first-order chi connectivity index (χ1) is 8.12. The van der Waals surface area contributed by atoms with Gasteiger partial charge in [0.25, 0.3) is 0 Å². The molecule has 0 aromatic heterocycles. The first kappa shape index (κ1) is 15.1. The number of benzene rings is 1. The van der Waals surface area contributed by atoms with Gasteiger partial charge in [0.2, 0.25) is 10.0 Å². The Balaban J connectivity index is 2.95. The highest BCUT2D eigenvalue weighted by atomic mass is 32.2. The van der Waals surface area contributed by atoms with Crippen LogP contribution in [0.2, 0.25) is 0 Å². The van der Waals surface area contributed by atoms with E-state index in [9.17, 15) is 8.42 Å². The molecule has 0 saturated heterocycles. The fraction of sp³-hybridized carbons (Fsp3) is 0.538. The standard InChI is InChI=1S/C13H22N2O2S/c1-10(14)11-6-5-7-12(8-11)18(16,17)15-9-13(2,3)4/h5-8,10,15H,9,14H2,1-4H3. The van der Waals surface area contributed by atoms with Crippen LogP contribution in [-0.2, 0) is 10.0 Å².